The molecule has 1 aliphatic rings. The Hall–Kier alpha value is -1.88. The van der Waals surface area contributed by atoms with Gasteiger partial charge in [0.15, 0.2) is 0 Å². The lowest BCUT2D eigenvalue weighted by Crippen LogP contribution is -2.51. The van der Waals surface area contributed by atoms with E-state index in [-0.39, 0.29) is 24.8 Å². The van der Waals surface area contributed by atoms with Crippen LogP contribution in [0.4, 0.5) is 5.69 Å². The Bertz CT molecular complexity index is 526. The predicted molar refractivity (Wildman–Crippen MR) is 81.3 cm³/mol. The van der Waals surface area contributed by atoms with Gasteiger partial charge in [-0.15, -0.1) is 0 Å². The third-order valence-electron chi connectivity index (χ3n) is 4.13. The predicted octanol–water partition coefficient (Wildman–Crippen LogP) is 1.66. The minimum atomic E-state index is -0.889. The molecule has 1 heterocycles. The highest BCUT2D eigenvalue weighted by atomic mass is 16.4. The largest absolute Gasteiger partial charge is 0.481 e. The molecule has 0 bridgehead atoms. The third kappa shape index (κ3) is 3.61. The number of carbonyl (C=O) groups excluding carboxylic acids is 1. The van der Waals surface area contributed by atoms with Gasteiger partial charge in [0.05, 0.1) is 6.42 Å². The second kappa shape index (κ2) is 6.72. The second-order valence-electron chi connectivity index (χ2n) is 5.63. The average molecular weight is 290 g/mol. The van der Waals surface area contributed by atoms with E-state index in [2.05, 4.69) is 5.32 Å². The number of amides is 1. The highest BCUT2D eigenvalue weighted by Crippen LogP contribution is 2.25. The Morgan fingerprint density at radius 3 is 2.57 bits per heavy atom. The fraction of sp³-hybridized carbons (Fsp3) is 0.500. The Labute approximate surface area is 125 Å². The van der Waals surface area contributed by atoms with Crippen molar-refractivity contribution in [2.45, 2.75) is 20.3 Å². The Balaban J connectivity index is 2.20. The summed E-state index contributed by atoms with van der Waals surface area (Å²) in [7, 11) is 0. The van der Waals surface area contributed by atoms with Crippen molar-refractivity contribution in [2.24, 2.45) is 11.8 Å². The molecule has 0 spiro atoms. The molecule has 1 aromatic rings. The quantitative estimate of drug-likeness (QED) is 0.836. The minimum absolute atomic E-state index is 0.0112. The van der Waals surface area contributed by atoms with Crippen molar-refractivity contribution in [3.63, 3.8) is 0 Å². The summed E-state index contributed by atoms with van der Waals surface area (Å²) >= 11 is 0. The van der Waals surface area contributed by atoms with Gasteiger partial charge in [-0.25, -0.2) is 0 Å². The van der Waals surface area contributed by atoms with Gasteiger partial charge in [-0.2, -0.15) is 0 Å². The summed E-state index contributed by atoms with van der Waals surface area (Å²) in [5.74, 6) is -0.634. The lowest BCUT2D eigenvalue weighted by Gasteiger charge is -2.35. The molecule has 1 atom stereocenters. The van der Waals surface area contributed by atoms with E-state index < -0.39 is 5.97 Å². The SMILES string of the molecule is Cc1ccccc1N(CCC(=O)O)C(=O)C(C)C1CNC1. The molecule has 1 aromatic carbocycles. The van der Waals surface area contributed by atoms with Gasteiger partial charge in [-0.1, -0.05) is 25.1 Å². The molecule has 0 aromatic heterocycles. The van der Waals surface area contributed by atoms with Gasteiger partial charge in [-0.05, 0) is 37.6 Å². The molecule has 1 fully saturated rings. The first-order valence-electron chi connectivity index (χ1n) is 7.30. The van der Waals surface area contributed by atoms with Crippen LogP contribution in [0.25, 0.3) is 0 Å². The van der Waals surface area contributed by atoms with E-state index >= 15 is 0 Å². The number of aryl methyl sites for hydroxylation is 1. The number of para-hydroxylation sites is 1. The van der Waals surface area contributed by atoms with Crippen molar-refractivity contribution in [1.82, 2.24) is 5.32 Å². The van der Waals surface area contributed by atoms with Crippen molar-refractivity contribution in [1.29, 1.82) is 0 Å². The summed E-state index contributed by atoms with van der Waals surface area (Å²) in [5, 5.41) is 12.1. The van der Waals surface area contributed by atoms with Gasteiger partial charge in [0.1, 0.15) is 0 Å². The molecule has 1 unspecified atom stereocenters. The summed E-state index contributed by atoms with van der Waals surface area (Å²) in [4.78, 5) is 25.2. The molecule has 0 saturated carbocycles. The maximum Gasteiger partial charge on any atom is 0.305 e. The van der Waals surface area contributed by atoms with E-state index in [1.54, 1.807) is 4.90 Å². The standard InChI is InChI=1S/C16H22N2O3/c1-11-5-3-4-6-14(11)18(8-7-15(19)20)16(21)12(2)13-9-17-10-13/h3-6,12-13,17H,7-10H2,1-2H3,(H,19,20). The molecule has 0 radical (unpaired) electrons. The number of carbonyl (C=O) groups is 2. The monoisotopic (exact) mass is 290 g/mol. The van der Waals surface area contributed by atoms with Crippen LogP contribution >= 0.6 is 0 Å². The number of carboxylic acid groups (broad SMARTS) is 1. The van der Waals surface area contributed by atoms with Gasteiger partial charge >= 0.3 is 5.97 Å². The molecule has 0 aliphatic carbocycles. The molecular weight excluding hydrogens is 268 g/mol. The molecule has 2 N–H and O–H groups in total. The lowest BCUT2D eigenvalue weighted by molar-refractivity contribution is -0.136. The molecule has 1 amide bonds. The maximum atomic E-state index is 12.7. The number of carboxylic acids is 1. The average Bonchev–Trinajstić information content (AvgIpc) is 2.38. The van der Waals surface area contributed by atoms with Crippen LogP contribution in [-0.4, -0.2) is 36.6 Å². The van der Waals surface area contributed by atoms with Crippen LogP contribution < -0.4 is 10.2 Å². The van der Waals surface area contributed by atoms with Crippen LogP contribution in [0.15, 0.2) is 24.3 Å². The minimum Gasteiger partial charge on any atom is -0.481 e. The molecule has 1 aliphatic heterocycles. The zero-order valence-corrected chi connectivity index (χ0v) is 12.5. The molecular formula is C16H22N2O3. The molecule has 5 nitrogen and oxygen atoms in total. The Morgan fingerprint density at radius 1 is 1.38 bits per heavy atom. The van der Waals surface area contributed by atoms with Gasteiger partial charge in [-0.3, -0.25) is 9.59 Å². The topological polar surface area (TPSA) is 69.6 Å². The van der Waals surface area contributed by atoms with Crippen molar-refractivity contribution >= 4 is 17.6 Å². The number of hydrogen-bond donors (Lipinski definition) is 2. The van der Waals surface area contributed by atoms with Gasteiger partial charge < -0.3 is 15.3 Å². The summed E-state index contributed by atoms with van der Waals surface area (Å²) < 4.78 is 0. The number of benzene rings is 1. The van der Waals surface area contributed by atoms with Crippen molar-refractivity contribution < 1.29 is 14.7 Å². The number of nitrogens with one attached hydrogen (secondary N) is 1. The highest BCUT2D eigenvalue weighted by Gasteiger charge is 2.32. The highest BCUT2D eigenvalue weighted by molar-refractivity contribution is 5.96. The number of anilines is 1. The van der Waals surface area contributed by atoms with E-state index in [0.29, 0.717) is 5.92 Å². The summed E-state index contributed by atoms with van der Waals surface area (Å²) in [6, 6.07) is 7.60. The molecule has 2 rings (SSSR count). The van der Waals surface area contributed by atoms with Gasteiger partial charge in [0, 0.05) is 18.2 Å². The molecule has 114 valence electrons. The summed E-state index contributed by atoms with van der Waals surface area (Å²) in [5.41, 5.74) is 1.79. The number of aliphatic carboxylic acids is 1. The molecule has 21 heavy (non-hydrogen) atoms. The zero-order chi connectivity index (χ0) is 15.4. The first kappa shape index (κ1) is 15.5. The molecule has 1 saturated heterocycles. The number of hydrogen-bond acceptors (Lipinski definition) is 3. The number of rotatable bonds is 6. The summed E-state index contributed by atoms with van der Waals surface area (Å²) in [6.45, 7) is 5.79. The van der Waals surface area contributed by atoms with Crippen LogP contribution in [0, 0.1) is 18.8 Å². The van der Waals surface area contributed by atoms with E-state index in [1.807, 2.05) is 38.1 Å². The fourth-order valence-corrected chi connectivity index (χ4v) is 2.54. The normalized spacial score (nSPS) is 16.1. The van der Waals surface area contributed by atoms with Crippen LogP contribution in [0.5, 0.6) is 0 Å². The first-order chi connectivity index (χ1) is 10.0. The van der Waals surface area contributed by atoms with E-state index in [1.165, 1.54) is 0 Å². The number of nitrogens with zero attached hydrogens (tertiary/aromatic N) is 1. The van der Waals surface area contributed by atoms with Crippen LogP contribution in [-0.2, 0) is 9.59 Å². The van der Waals surface area contributed by atoms with Crippen molar-refractivity contribution in [3.05, 3.63) is 29.8 Å². The van der Waals surface area contributed by atoms with Crippen LogP contribution in [0.1, 0.15) is 18.9 Å². The lowest BCUT2D eigenvalue weighted by atomic mass is 9.87. The van der Waals surface area contributed by atoms with Crippen LogP contribution in [0.2, 0.25) is 0 Å². The van der Waals surface area contributed by atoms with E-state index in [9.17, 15) is 9.59 Å². The van der Waals surface area contributed by atoms with E-state index in [0.717, 1.165) is 24.3 Å². The Kier molecular flexibility index (Phi) is 4.96. The van der Waals surface area contributed by atoms with Crippen molar-refractivity contribution in [3.8, 4) is 0 Å². The van der Waals surface area contributed by atoms with Gasteiger partial charge in [0.2, 0.25) is 5.91 Å². The summed E-state index contributed by atoms with van der Waals surface area (Å²) in [6.07, 6.45) is -0.0459. The third-order valence-corrected chi connectivity index (χ3v) is 4.13. The first-order valence-corrected chi connectivity index (χ1v) is 7.30. The smallest absolute Gasteiger partial charge is 0.305 e. The zero-order valence-electron chi connectivity index (χ0n) is 12.5. The van der Waals surface area contributed by atoms with E-state index in [4.69, 9.17) is 5.11 Å². The maximum absolute atomic E-state index is 12.7. The second-order valence-corrected chi connectivity index (χ2v) is 5.63. The Morgan fingerprint density at radius 2 is 2.05 bits per heavy atom. The molecule has 5 heteroatoms. The van der Waals surface area contributed by atoms with Crippen molar-refractivity contribution in [2.75, 3.05) is 24.5 Å². The fourth-order valence-electron chi connectivity index (χ4n) is 2.54. The van der Waals surface area contributed by atoms with Crippen LogP contribution in [0.3, 0.4) is 0 Å². The van der Waals surface area contributed by atoms with Gasteiger partial charge in [0.25, 0.3) is 0 Å².